The van der Waals surface area contributed by atoms with Gasteiger partial charge in [0.2, 0.25) is 0 Å². The number of hydrogen-bond acceptors (Lipinski definition) is 3. The largest absolute Gasteiger partial charge is 0.314 e. The minimum Gasteiger partial charge on any atom is -0.314 e. The van der Waals surface area contributed by atoms with Crippen LogP contribution in [0.25, 0.3) is 0 Å². The summed E-state index contributed by atoms with van der Waals surface area (Å²) in [5.41, 5.74) is 1.74. The number of hydrogen-bond donors (Lipinski definition) is 1. The molecule has 0 aromatic carbocycles. The normalized spacial score (nSPS) is 12.6. The van der Waals surface area contributed by atoms with E-state index in [0.29, 0.717) is 11.5 Å². The van der Waals surface area contributed by atoms with Crippen LogP contribution < -0.4 is 5.32 Å². The molecule has 0 fully saturated rings. The summed E-state index contributed by atoms with van der Waals surface area (Å²) in [6.45, 7) is 12.3. The molecule has 2 nitrogen and oxygen atoms in total. The maximum absolute atomic E-state index is 3.53. The summed E-state index contributed by atoms with van der Waals surface area (Å²) >= 11 is 1.77. The molecule has 98 valence electrons. The highest BCUT2D eigenvalue weighted by atomic mass is 32.1. The summed E-state index contributed by atoms with van der Waals surface area (Å²) in [4.78, 5) is 2.41. The van der Waals surface area contributed by atoms with Crippen LogP contribution in [0, 0.1) is 5.41 Å². The molecule has 0 saturated heterocycles. The predicted molar refractivity (Wildman–Crippen MR) is 77.6 cm³/mol. The Bertz CT molecular complexity index is 304. The average molecular weight is 254 g/mol. The lowest BCUT2D eigenvalue weighted by Crippen LogP contribution is -2.40. The molecule has 0 unspecified atom stereocenters. The summed E-state index contributed by atoms with van der Waals surface area (Å²) in [6, 6.07) is 2.78. The summed E-state index contributed by atoms with van der Waals surface area (Å²) < 4.78 is 0. The van der Waals surface area contributed by atoms with Crippen LogP contribution in [0.1, 0.15) is 33.3 Å². The molecule has 0 spiro atoms. The van der Waals surface area contributed by atoms with Gasteiger partial charge in [-0.25, -0.2) is 0 Å². The van der Waals surface area contributed by atoms with Crippen molar-refractivity contribution in [1.29, 1.82) is 0 Å². The van der Waals surface area contributed by atoms with Crippen molar-refractivity contribution in [2.24, 2.45) is 5.41 Å². The van der Waals surface area contributed by atoms with Crippen molar-refractivity contribution in [2.75, 3.05) is 20.1 Å². The summed E-state index contributed by atoms with van der Waals surface area (Å²) in [7, 11) is 2.20. The highest BCUT2D eigenvalue weighted by Gasteiger charge is 2.20. The van der Waals surface area contributed by atoms with Crippen LogP contribution in [-0.4, -0.2) is 31.1 Å². The molecule has 1 N–H and O–H groups in total. The van der Waals surface area contributed by atoms with Crippen LogP contribution in [-0.2, 0) is 6.54 Å². The quantitative estimate of drug-likeness (QED) is 0.804. The van der Waals surface area contributed by atoms with Crippen LogP contribution in [0.2, 0.25) is 0 Å². The van der Waals surface area contributed by atoms with E-state index in [1.807, 2.05) is 0 Å². The maximum atomic E-state index is 3.53. The van der Waals surface area contributed by atoms with Crippen molar-refractivity contribution in [3.05, 3.63) is 22.4 Å². The SMILES string of the molecule is CC(C)NCC(C)(C)CN(C)Cc1ccsc1. The van der Waals surface area contributed by atoms with Gasteiger partial charge in [0.1, 0.15) is 0 Å². The number of nitrogens with zero attached hydrogens (tertiary/aromatic N) is 1. The molecule has 0 radical (unpaired) electrons. The zero-order chi connectivity index (χ0) is 12.9. The molecule has 1 rings (SSSR count). The third kappa shape index (κ3) is 6.20. The van der Waals surface area contributed by atoms with E-state index in [1.165, 1.54) is 5.56 Å². The number of thiophene rings is 1. The van der Waals surface area contributed by atoms with Crippen molar-refractivity contribution in [3.63, 3.8) is 0 Å². The standard InChI is InChI=1S/C14H26N2S/c1-12(2)15-10-14(3,4)11-16(5)8-13-6-7-17-9-13/h6-7,9,12,15H,8,10-11H2,1-5H3. The zero-order valence-corrected chi connectivity index (χ0v) is 12.6. The molecular weight excluding hydrogens is 228 g/mol. The Balaban J connectivity index is 2.35. The fraction of sp³-hybridized carbons (Fsp3) is 0.714. The van der Waals surface area contributed by atoms with Gasteiger partial charge in [-0.1, -0.05) is 27.7 Å². The Hall–Kier alpha value is -0.380. The van der Waals surface area contributed by atoms with Gasteiger partial charge >= 0.3 is 0 Å². The van der Waals surface area contributed by atoms with Gasteiger partial charge in [0, 0.05) is 25.7 Å². The number of nitrogens with one attached hydrogen (secondary N) is 1. The van der Waals surface area contributed by atoms with E-state index in [2.05, 4.69) is 61.8 Å². The van der Waals surface area contributed by atoms with Gasteiger partial charge in [-0.05, 0) is 34.9 Å². The first-order valence-corrected chi connectivity index (χ1v) is 7.26. The van der Waals surface area contributed by atoms with E-state index in [9.17, 15) is 0 Å². The molecule has 17 heavy (non-hydrogen) atoms. The third-order valence-corrected chi connectivity index (χ3v) is 3.45. The van der Waals surface area contributed by atoms with Crippen LogP contribution in [0.3, 0.4) is 0 Å². The Labute approximate surface area is 110 Å². The molecule has 0 bridgehead atoms. The van der Waals surface area contributed by atoms with Crippen LogP contribution >= 0.6 is 11.3 Å². The van der Waals surface area contributed by atoms with Crippen molar-refractivity contribution in [3.8, 4) is 0 Å². The Morgan fingerprint density at radius 2 is 2.12 bits per heavy atom. The summed E-state index contributed by atoms with van der Waals surface area (Å²) in [5.74, 6) is 0. The van der Waals surface area contributed by atoms with E-state index in [0.717, 1.165) is 19.6 Å². The molecule has 1 heterocycles. The van der Waals surface area contributed by atoms with Crippen molar-refractivity contribution < 1.29 is 0 Å². The van der Waals surface area contributed by atoms with Crippen LogP contribution in [0.15, 0.2) is 16.8 Å². The van der Waals surface area contributed by atoms with Gasteiger partial charge in [-0.15, -0.1) is 0 Å². The van der Waals surface area contributed by atoms with Crippen LogP contribution in [0.5, 0.6) is 0 Å². The second-order valence-electron chi connectivity index (χ2n) is 6.00. The van der Waals surface area contributed by atoms with Crippen LogP contribution in [0.4, 0.5) is 0 Å². The van der Waals surface area contributed by atoms with E-state index in [4.69, 9.17) is 0 Å². The minimum absolute atomic E-state index is 0.315. The minimum atomic E-state index is 0.315. The lowest BCUT2D eigenvalue weighted by Gasteiger charge is -2.31. The Kier molecular flexibility index (Phi) is 5.63. The average Bonchev–Trinajstić information content (AvgIpc) is 2.66. The van der Waals surface area contributed by atoms with E-state index < -0.39 is 0 Å². The second-order valence-corrected chi connectivity index (χ2v) is 6.78. The van der Waals surface area contributed by atoms with E-state index in [-0.39, 0.29) is 0 Å². The van der Waals surface area contributed by atoms with Gasteiger partial charge in [-0.3, -0.25) is 0 Å². The molecule has 0 aliphatic carbocycles. The first-order chi connectivity index (χ1) is 7.89. The first-order valence-electron chi connectivity index (χ1n) is 6.32. The highest BCUT2D eigenvalue weighted by molar-refractivity contribution is 7.07. The van der Waals surface area contributed by atoms with E-state index >= 15 is 0 Å². The summed E-state index contributed by atoms with van der Waals surface area (Å²) in [5, 5.41) is 7.90. The number of rotatable bonds is 7. The van der Waals surface area contributed by atoms with Gasteiger partial charge in [0.05, 0.1) is 0 Å². The molecular formula is C14H26N2S. The molecule has 1 aromatic rings. The van der Waals surface area contributed by atoms with Gasteiger partial charge in [-0.2, -0.15) is 11.3 Å². The van der Waals surface area contributed by atoms with E-state index in [1.54, 1.807) is 11.3 Å². The Morgan fingerprint density at radius 3 is 2.65 bits per heavy atom. The highest BCUT2D eigenvalue weighted by Crippen LogP contribution is 2.17. The van der Waals surface area contributed by atoms with Gasteiger partial charge < -0.3 is 10.2 Å². The van der Waals surface area contributed by atoms with Gasteiger partial charge in [0.25, 0.3) is 0 Å². The fourth-order valence-electron chi connectivity index (χ4n) is 2.02. The fourth-order valence-corrected chi connectivity index (χ4v) is 2.68. The lowest BCUT2D eigenvalue weighted by atomic mass is 9.92. The molecule has 0 aliphatic rings. The molecule has 0 amide bonds. The topological polar surface area (TPSA) is 15.3 Å². The molecule has 0 aliphatic heterocycles. The Morgan fingerprint density at radius 1 is 1.41 bits per heavy atom. The third-order valence-electron chi connectivity index (χ3n) is 2.72. The zero-order valence-electron chi connectivity index (χ0n) is 11.8. The monoisotopic (exact) mass is 254 g/mol. The second kappa shape index (κ2) is 6.53. The summed E-state index contributed by atoms with van der Waals surface area (Å²) in [6.07, 6.45) is 0. The van der Waals surface area contributed by atoms with Crippen molar-refractivity contribution >= 4 is 11.3 Å². The molecule has 3 heteroatoms. The molecule has 0 atom stereocenters. The molecule has 0 saturated carbocycles. The molecule has 1 aromatic heterocycles. The first kappa shape index (κ1) is 14.7. The maximum Gasteiger partial charge on any atom is 0.0239 e. The predicted octanol–water partition coefficient (Wildman–Crippen LogP) is 3.20. The lowest BCUT2D eigenvalue weighted by molar-refractivity contribution is 0.195. The van der Waals surface area contributed by atoms with Gasteiger partial charge in [0.15, 0.2) is 0 Å². The van der Waals surface area contributed by atoms with Crippen molar-refractivity contribution in [1.82, 2.24) is 10.2 Å². The van der Waals surface area contributed by atoms with Crippen molar-refractivity contribution in [2.45, 2.75) is 40.3 Å². The smallest absolute Gasteiger partial charge is 0.0239 e.